The topological polar surface area (TPSA) is 21.3 Å². The van der Waals surface area contributed by atoms with Gasteiger partial charge in [-0.1, -0.05) is 13.0 Å². The van der Waals surface area contributed by atoms with E-state index < -0.39 is 0 Å². The second kappa shape index (κ2) is 5.33. The third-order valence-electron chi connectivity index (χ3n) is 1.93. The van der Waals surface area contributed by atoms with E-state index in [2.05, 4.69) is 32.7 Å². The molecule has 1 N–H and O–H groups in total. The van der Waals surface area contributed by atoms with E-state index >= 15 is 0 Å². The van der Waals surface area contributed by atoms with Crippen molar-refractivity contribution in [1.82, 2.24) is 5.32 Å². The van der Waals surface area contributed by atoms with Gasteiger partial charge in [0.1, 0.15) is 0 Å². The molecule has 0 rings (SSSR count). The van der Waals surface area contributed by atoms with Crippen LogP contribution in [0.3, 0.4) is 0 Å². The molecular formula is C10H21NO. The zero-order valence-electron chi connectivity index (χ0n) is 8.68. The molecule has 0 aromatic heterocycles. The Morgan fingerprint density at radius 2 is 2.08 bits per heavy atom. The Morgan fingerprint density at radius 1 is 1.50 bits per heavy atom. The van der Waals surface area contributed by atoms with Gasteiger partial charge < -0.3 is 10.1 Å². The largest absolute Gasteiger partial charge is 0.374 e. The lowest BCUT2D eigenvalue weighted by Gasteiger charge is -2.32. The molecule has 12 heavy (non-hydrogen) atoms. The van der Waals surface area contributed by atoms with Gasteiger partial charge in [0.25, 0.3) is 0 Å². The summed E-state index contributed by atoms with van der Waals surface area (Å²) in [6.07, 6.45) is 1.90. The summed E-state index contributed by atoms with van der Waals surface area (Å²) in [5.74, 6) is 0. The first-order chi connectivity index (χ1) is 5.58. The minimum Gasteiger partial charge on any atom is -0.374 e. The molecule has 2 nitrogen and oxygen atoms in total. The van der Waals surface area contributed by atoms with E-state index in [1.54, 1.807) is 0 Å². The Balaban J connectivity index is 4.14. The molecule has 0 fully saturated rings. The first kappa shape index (κ1) is 11.7. The summed E-state index contributed by atoms with van der Waals surface area (Å²) in [6, 6.07) is 0.224. The quantitative estimate of drug-likeness (QED) is 0.617. The van der Waals surface area contributed by atoms with Gasteiger partial charge in [-0.15, -0.1) is 6.58 Å². The van der Waals surface area contributed by atoms with Crippen molar-refractivity contribution < 1.29 is 4.74 Å². The molecule has 0 amide bonds. The summed E-state index contributed by atoms with van der Waals surface area (Å²) in [7, 11) is 0. The lowest BCUT2D eigenvalue weighted by Crippen LogP contribution is -2.47. The van der Waals surface area contributed by atoms with E-state index in [0.717, 1.165) is 13.2 Å². The van der Waals surface area contributed by atoms with Crippen LogP contribution in [0.25, 0.3) is 0 Å². The number of likely N-dealkylation sites (N-methyl/N-ethyl adjacent to an activating group) is 1. The van der Waals surface area contributed by atoms with Crippen molar-refractivity contribution in [1.29, 1.82) is 0 Å². The highest BCUT2D eigenvalue weighted by molar-refractivity contribution is 4.97. The van der Waals surface area contributed by atoms with Crippen molar-refractivity contribution in [3.05, 3.63) is 12.7 Å². The van der Waals surface area contributed by atoms with Crippen LogP contribution in [0.5, 0.6) is 0 Å². The van der Waals surface area contributed by atoms with Gasteiger partial charge in [-0.2, -0.15) is 0 Å². The Kier molecular flexibility index (Phi) is 5.18. The van der Waals surface area contributed by atoms with Crippen molar-refractivity contribution in [3.8, 4) is 0 Å². The minimum atomic E-state index is -0.160. The Morgan fingerprint density at radius 3 is 2.42 bits per heavy atom. The molecule has 0 aromatic rings. The maximum atomic E-state index is 5.60. The van der Waals surface area contributed by atoms with Crippen LogP contribution >= 0.6 is 0 Å². The standard InChI is InChI=1S/C10H21NO/c1-6-9(11-7-2)10(4,5)12-8-3/h6,9,11H,1,7-8H2,2-5H3. The van der Waals surface area contributed by atoms with Gasteiger partial charge in [0, 0.05) is 6.61 Å². The molecule has 0 aliphatic carbocycles. The van der Waals surface area contributed by atoms with Gasteiger partial charge in [-0.25, -0.2) is 0 Å². The summed E-state index contributed by atoms with van der Waals surface area (Å²) < 4.78 is 5.60. The zero-order chi connectivity index (χ0) is 9.61. The molecule has 0 heterocycles. The van der Waals surface area contributed by atoms with Gasteiger partial charge in [-0.3, -0.25) is 0 Å². The molecule has 1 atom stereocenters. The first-order valence-electron chi connectivity index (χ1n) is 4.58. The lowest BCUT2D eigenvalue weighted by atomic mass is 9.98. The molecule has 0 aromatic carbocycles. The third kappa shape index (κ3) is 3.37. The smallest absolute Gasteiger partial charge is 0.0814 e. The van der Waals surface area contributed by atoms with E-state index in [-0.39, 0.29) is 11.6 Å². The molecule has 2 heteroatoms. The summed E-state index contributed by atoms with van der Waals surface area (Å²) in [6.45, 7) is 13.7. The number of ether oxygens (including phenoxy) is 1. The first-order valence-corrected chi connectivity index (χ1v) is 4.58. The van der Waals surface area contributed by atoms with Gasteiger partial charge in [-0.05, 0) is 27.3 Å². The number of hydrogen-bond donors (Lipinski definition) is 1. The summed E-state index contributed by atoms with van der Waals surface area (Å²) in [4.78, 5) is 0. The van der Waals surface area contributed by atoms with Crippen LogP contribution in [0.15, 0.2) is 12.7 Å². The van der Waals surface area contributed by atoms with Crippen molar-refractivity contribution >= 4 is 0 Å². The van der Waals surface area contributed by atoms with Crippen LogP contribution in [-0.2, 0) is 4.74 Å². The predicted molar refractivity (Wildman–Crippen MR) is 53.4 cm³/mol. The zero-order valence-corrected chi connectivity index (χ0v) is 8.68. The maximum absolute atomic E-state index is 5.60. The molecule has 1 unspecified atom stereocenters. The van der Waals surface area contributed by atoms with E-state index in [0.29, 0.717) is 0 Å². The summed E-state index contributed by atoms with van der Waals surface area (Å²) >= 11 is 0. The van der Waals surface area contributed by atoms with E-state index in [1.165, 1.54) is 0 Å². The molecule has 0 spiro atoms. The van der Waals surface area contributed by atoms with Crippen LogP contribution in [0.1, 0.15) is 27.7 Å². The predicted octanol–water partition coefficient (Wildman–Crippen LogP) is 1.97. The second-order valence-corrected chi connectivity index (χ2v) is 3.31. The van der Waals surface area contributed by atoms with Crippen LogP contribution < -0.4 is 5.32 Å². The SMILES string of the molecule is C=CC(NCC)C(C)(C)OCC. The number of nitrogens with one attached hydrogen (secondary N) is 1. The van der Waals surface area contributed by atoms with Crippen molar-refractivity contribution in [2.75, 3.05) is 13.2 Å². The molecule has 0 saturated heterocycles. The number of rotatable bonds is 6. The van der Waals surface area contributed by atoms with Crippen molar-refractivity contribution in [2.24, 2.45) is 0 Å². The molecule has 0 saturated carbocycles. The summed E-state index contributed by atoms with van der Waals surface area (Å²) in [5.41, 5.74) is -0.160. The molecule has 0 radical (unpaired) electrons. The number of hydrogen-bond acceptors (Lipinski definition) is 2. The summed E-state index contributed by atoms with van der Waals surface area (Å²) in [5, 5.41) is 3.31. The van der Waals surface area contributed by atoms with E-state index in [1.807, 2.05) is 13.0 Å². The van der Waals surface area contributed by atoms with Gasteiger partial charge in [0.15, 0.2) is 0 Å². The van der Waals surface area contributed by atoms with Crippen LogP contribution in [0.2, 0.25) is 0 Å². The van der Waals surface area contributed by atoms with Gasteiger partial charge >= 0.3 is 0 Å². The van der Waals surface area contributed by atoms with Crippen molar-refractivity contribution in [3.63, 3.8) is 0 Å². The van der Waals surface area contributed by atoms with E-state index in [9.17, 15) is 0 Å². The lowest BCUT2D eigenvalue weighted by molar-refractivity contribution is -0.0263. The van der Waals surface area contributed by atoms with Gasteiger partial charge in [0.05, 0.1) is 11.6 Å². The fourth-order valence-corrected chi connectivity index (χ4v) is 1.29. The Labute approximate surface area is 76.0 Å². The second-order valence-electron chi connectivity index (χ2n) is 3.31. The maximum Gasteiger partial charge on any atom is 0.0814 e. The Hall–Kier alpha value is -0.340. The van der Waals surface area contributed by atoms with E-state index in [4.69, 9.17) is 4.74 Å². The molecule has 72 valence electrons. The fourth-order valence-electron chi connectivity index (χ4n) is 1.29. The monoisotopic (exact) mass is 171 g/mol. The molecule has 0 aliphatic rings. The minimum absolute atomic E-state index is 0.160. The molecule has 0 bridgehead atoms. The normalized spacial score (nSPS) is 14.3. The van der Waals surface area contributed by atoms with Gasteiger partial charge in [0.2, 0.25) is 0 Å². The molecule has 0 aliphatic heterocycles. The average Bonchev–Trinajstić information content (AvgIpc) is 1.99. The average molecular weight is 171 g/mol. The van der Waals surface area contributed by atoms with Crippen molar-refractivity contribution in [2.45, 2.75) is 39.3 Å². The Bertz CT molecular complexity index is 132. The van der Waals surface area contributed by atoms with Crippen LogP contribution in [-0.4, -0.2) is 24.8 Å². The van der Waals surface area contributed by atoms with Crippen LogP contribution in [0, 0.1) is 0 Å². The van der Waals surface area contributed by atoms with Crippen LogP contribution in [0.4, 0.5) is 0 Å². The fraction of sp³-hybridized carbons (Fsp3) is 0.800. The highest BCUT2D eigenvalue weighted by atomic mass is 16.5. The third-order valence-corrected chi connectivity index (χ3v) is 1.93. The highest BCUT2D eigenvalue weighted by Gasteiger charge is 2.26. The molecular weight excluding hydrogens is 150 g/mol. The highest BCUT2D eigenvalue weighted by Crippen LogP contribution is 2.15.